The molecule has 1 atom stereocenters. The van der Waals surface area contributed by atoms with E-state index in [0.29, 0.717) is 19.0 Å². The van der Waals surface area contributed by atoms with Crippen LogP contribution < -0.4 is 10.2 Å². The molecule has 0 saturated carbocycles. The molecule has 7 nitrogen and oxygen atoms in total. The molecule has 1 saturated heterocycles. The Balaban J connectivity index is 1.30. The molecule has 1 fully saturated rings. The van der Waals surface area contributed by atoms with Crippen LogP contribution in [-0.2, 0) is 6.42 Å². The van der Waals surface area contributed by atoms with E-state index in [9.17, 15) is 9.50 Å². The monoisotopic (exact) mass is 370 g/mol. The first-order valence-corrected chi connectivity index (χ1v) is 9.31. The van der Waals surface area contributed by atoms with E-state index in [0.717, 1.165) is 54.9 Å². The molecule has 142 valence electrons. The van der Waals surface area contributed by atoms with Gasteiger partial charge in [0.2, 0.25) is 5.95 Å². The summed E-state index contributed by atoms with van der Waals surface area (Å²) in [5, 5.41) is 13.1. The quantitative estimate of drug-likeness (QED) is 0.578. The van der Waals surface area contributed by atoms with Gasteiger partial charge in [0.05, 0.1) is 17.1 Å². The highest BCUT2D eigenvalue weighted by Crippen LogP contribution is 2.18. The standard InChI is InChI=1S/C19H23FN6O/c20-13-5-6-15-16(11-13)24-17(23-15)4-1-8-21-19-22-9-7-18(25-19)26-10-2-3-14(27)12-26/h5-7,9,11,14,27H,1-4,8,10,12H2,(H,23,24)(H,21,22,25). The third kappa shape index (κ3) is 4.33. The van der Waals surface area contributed by atoms with Crippen molar-refractivity contribution in [3.05, 3.63) is 42.1 Å². The van der Waals surface area contributed by atoms with Gasteiger partial charge in [-0.1, -0.05) is 0 Å². The summed E-state index contributed by atoms with van der Waals surface area (Å²) in [4.78, 5) is 18.5. The van der Waals surface area contributed by atoms with Crippen molar-refractivity contribution in [1.82, 2.24) is 19.9 Å². The number of H-pyrrole nitrogens is 1. The fourth-order valence-electron chi connectivity index (χ4n) is 3.38. The van der Waals surface area contributed by atoms with Crippen molar-refractivity contribution in [2.24, 2.45) is 0 Å². The fraction of sp³-hybridized carbons (Fsp3) is 0.421. The maximum absolute atomic E-state index is 13.2. The summed E-state index contributed by atoms with van der Waals surface area (Å²) in [6.07, 6.45) is 4.86. The number of aromatic amines is 1. The highest BCUT2D eigenvalue weighted by atomic mass is 19.1. The minimum absolute atomic E-state index is 0.266. The van der Waals surface area contributed by atoms with Gasteiger partial charge in [0.15, 0.2) is 0 Å². The van der Waals surface area contributed by atoms with Crippen LogP contribution in [0.1, 0.15) is 25.1 Å². The van der Waals surface area contributed by atoms with Crippen molar-refractivity contribution in [1.29, 1.82) is 0 Å². The van der Waals surface area contributed by atoms with Gasteiger partial charge in [0.1, 0.15) is 17.5 Å². The molecule has 0 amide bonds. The van der Waals surface area contributed by atoms with E-state index in [1.807, 2.05) is 6.07 Å². The number of anilines is 2. The molecule has 3 aromatic rings. The largest absolute Gasteiger partial charge is 0.391 e. The van der Waals surface area contributed by atoms with Gasteiger partial charge >= 0.3 is 0 Å². The summed E-state index contributed by atoms with van der Waals surface area (Å²) in [7, 11) is 0. The predicted molar refractivity (Wildman–Crippen MR) is 102 cm³/mol. The zero-order valence-electron chi connectivity index (χ0n) is 15.0. The van der Waals surface area contributed by atoms with Crippen LogP contribution >= 0.6 is 0 Å². The fourth-order valence-corrected chi connectivity index (χ4v) is 3.38. The highest BCUT2D eigenvalue weighted by molar-refractivity contribution is 5.74. The van der Waals surface area contributed by atoms with Gasteiger partial charge in [0.25, 0.3) is 0 Å². The Kier molecular flexibility index (Phi) is 5.15. The Morgan fingerprint density at radius 1 is 1.30 bits per heavy atom. The molecule has 2 aromatic heterocycles. The van der Waals surface area contributed by atoms with Gasteiger partial charge in [-0.25, -0.2) is 14.4 Å². The predicted octanol–water partition coefficient (Wildman–Crippen LogP) is 2.50. The number of aryl methyl sites for hydroxylation is 1. The lowest BCUT2D eigenvalue weighted by molar-refractivity contribution is 0.154. The Labute approximate surface area is 156 Å². The first kappa shape index (κ1) is 17.7. The Bertz CT molecular complexity index is 914. The number of aliphatic hydroxyl groups excluding tert-OH is 1. The zero-order chi connectivity index (χ0) is 18.6. The van der Waals surface area contributed by atoms with Crippen LogP contribution in [0, 0.1) is 5.82 Å². The van der Waals surface area contributed by atoms with Crippen molar-refractivity contribution in [2.75, 3.05) is 29.9 Å². The van der Waals surface area contributed by atoms with E-state index >= 15 is 0 Å². The molecule has 0 bridgehead atoms. The Morgan fingerprint density at radius 2 is 2.22 bits per heavy atom. The van der Waals surface area contributed by atoms with E-state index < -0.39 is 0 Å². The molecule has 3 heterocycles. The van der Waals surface area contributed by atoms with E-state index in [2.05, 4.69) is 30.2 Å². The van der Waals surface area contributed by atoms with Crippen molar-refractivity contribution in [3.63, 3.8) is 0 Å². The molecule has 1 aliphatic rings. The summed E-state index contributed by atoms with van der Waals surface area (Å²) < 4.78 is 13.2. The van der Waals surface area contributed by atoms with Gasteiger partial charge in [-0.05, 0) is 43.5 Å². The first-order chi connectivity index (χ1) is 13.2. The molecule has 3 N–H and O–H groups in total. The van der Waals surface area contributed by atoms with Crippen LogP contribution in [0.3, 0.4) is 0 Å². The number of nitrogens with one attached hydrogen (secondary N) is 2. The lowest BCUT2D eigenvalue weighted by Crippen LogP contribution is -2.38. The van der Waals surface area contributed by atoms with Gasteiger partial charge in [-0.3, -0.25) is 0 Å². The van der Waals surface area contributed by atoms with E-state index in [1.54, 1.807) is 12.3 Å². The number of aromatic nitrogens is 4. The van der Waals surface area contributed by atoms with Crippen molar-refractivity contribution >= 4 is 22.8 Å². The number of hydrogen-bond donors (Lipinski definition) is 3. The van der Waals surface area contributed by atoms with Gasteiger partial charge < -0.3 is 20.3 Å². The number of β-amino-alcohol motifs (C(OH)–C–C–N with tert-alkyl or cyclic N) is 1. The van der Waals surface area contributed by atoms with Crippen molar-refractivity contribution in [2.45, 2.75) is 31.8 Å². The maximum Gasteiger partial charge on any atom is 0.224 e. The summed E-state index contributed by atoms with van der Waals surface area (Å²) in [6, 6.07) is 6.43. The summed E-state index contributed by atoms with van der Waals surface area (Å²) in [6.45, 7) is 2.22. The van der Waals surface area contributed by atoms with Crippen LogP contribution in [0.15, 0.2) is 30.5 Å². The van der Waals surface area contributed by atoms with Gasteiger partial charge in [0, 0.05) is 32.3 Å². The van der Waals surface area contributed by atoms with Crippen LogP contribution in [0.25, 0.3) is 11.0 Å². The molecule has 0 aliphatic carbocycles. The minimum atomic E-state index is -0.289. The Hall–Kier alpha value is -2.74. The number of piperidine rings is 1. The van der Waals surface area contributed by atoms with E-state index in [-0.39, 0.29) is 11.9 Å². The second-order valence-electron chi connectivity index (χ2n) is 6.86. The number of rotatable bonds is 6. The van der Waals surface area contributed by atoms with Crippen molar-refractivity contribution in [3.8, 4) is 0 Å². The molecule has 1 aromatic carbocycles. The number of imidazole rings is 1. The number of nitrogens with zero attached hydrogens (tertiary/aromatic N) is 4. The van der Waals surface area contributed by atoms with E-state index in [4.69, 9.17) is 0 Å². The molecule has 27 heavy (non-hydrogen) atoms. The summed E-state index contributed by atoms with van der Waals surface area (Å²) >= 11 is 0. The zero-order valence-corrected chi connectivity index (χ0v) is 15.0. The maximum atomic E-state index is 13.2. The lowest BCUT2D eigenvalue weighted by atomic mass is 10.1. The second kappa shape index (κ2) is 7.87. The SMILES string of the molecule is OC1CCCN(c2ccnc(NCCCc3nc4ccc(F)cc4[nH]3)n2)C1. The number of fused-ring (bicyclic) bond motifs is 1. The number of benzene rings is 1. The van der Waals surface area contributed by atoms with Gasteiger partial charge in [-0.15, -0.1) is 0 Å². The third-order valence-electron chi connectivity index (χ3n) is 4.73. The minimum Gasteiger partial charge on any atom is -0.391 e. The average Bonchev–Trinajstić information content (AvgIpc) is 3.07. The van der Waals surface area contributed by atoms with Gasteiger partial charge in [-0.2, -0.15) is 4.98 Å². The third-order valence-corrected chi connectivity index (χ3v) is 4.73. The number of aliphatic hydroxyl groups is 1. The van der Waals surface area contributed by atoms with E-state index in [1.165, 1.54) is 12.1 Å². The van der Waals surface area contributed by atoms with Crippen LogP contribution in [0.5, 0.6) is 0 Å². The molecule has 4 rings (SSSR count). The lowest BCUT2D eigenvalue weighted by Gasteiger charge is -2.31. The molecule has 0 spiro atoms. The summed E-state index contributed by atoms with van der Waals surface area (Å²) in [5.41, 5.74) is 1.50. The molecular formula is C19H23FN6O. The molecule has 0 radical (unpaired) electrons. The second-order valence-corrected chi connectivity index (χ2v) is 6.86. The van der Waals surface area contributed by atoms with Crippen molar-refractivity contribution < 1.29 is 9.50 Å². The van der Waals surface area contributed by atoms with Crippen LogP contribution in [-0.4, -0.2) is 50.8 Å². The smallest absolute Gasteiger partial charge is 0.224 e. The number of hydrogen-bond acceptors (Lipinski definition) is 6. The average molecular weight is 370 g/mol. The normalized spacial score (nSPS) is 17.4. The van der Waals surface area contributed by atoms with Crippen LogP contribution in [0.4, 0.5) is 16.2 Å². The Morgan fingerprint density at radius 3 is 3.11 bits per heavy atom. The molecule has 1 aliphatic heterocycles. The molecule has 8 heteroatoms. The topological polar surface area (TPSA) is 90.0 Å². The number of halogens is 1. The van der Waals surface area contributed by atoms with Crippen LogP contribution in [0.2, 0.25) is 0 Å². The highest BCUT2D eigenvalue weighted by Gasteiger charge is 2.19. The molecular weight excluding hydrogens is 347 g/mol. The first-order valence-electron chi connectivity index (χ1n) is 9.31. The molecule has 1 unspecified atom stereocenters. The summed E-state index contributed by atoms with van der Waals surface area (Å²) in [5.74, 6) is 2.00.